The summed E-state index contributed by atoms with van der Waals surface area (Å²) in [6.07, 6.45) is -3.31. The highest BCUT2D eigenvalue weighted by molar-refractivity contribution is 5.58. The number of ether oxygens (including phenoxy) is 1. The molecular formula is C16H12F3N3O. The number of hydrogen-bond acceptors (Lipinski definition) is 3. The van der Waals surface area contributed by atoms with E-state index in [1.807, 2.05) is 31.2 Å². The van der Waals surface area contributed by atoms with E-state index < -0.39 is 6.36 Å². The number of halogens is 3. The van der Waals surface area contributed by atoms with E-state index in [0.717, 1.165) is 11.3 Å². The van der Waals surface area contributed by atoms with Crippen LogP contribution in [-0.4, -0.2) is 21.1 Å². The van der Waals surface area contributed by atoms with E-state index in [0.29, 0.717) is 11.4 Å². The Hall–Kier alpha value is -2.83. The van der Waals surface area contributed by atoms with Gasteiger partial charge in [0.25, 0.3) is 0 Å². The smallest absolute Gasteiger partial charge is 0.406 e. The number of alkyl halides is 3. The number of nitrogens with zero attached hydrogens (tertiary/aromatic N) is 3. The minimum Gasteiger partial charge on any atom is -0.406 e. The van der Waals surface area contributed by atoms with Crippen LogP contribution in [0.3, 0.4) is 0 Å². The lowest BCUT2D eigenvalue weighted by atomic mass is 10.2. The van der Waals surface area contributed by atoms with Crippen molar-refractivity contribution in [3.63, 3.8) is 0 Å². The van der Waals surface area contributed by atoms with Crippen molar-refractivity contribution in [1.29, 1.82) is 0 Å². The van der Waals surface area contributed by atoms with Gasteiger partial charge in [-0.15, -0.1) is 13.2 Å². The van der Waals surface area contributed by atoms with Crippen LogP contribution in [0.5, 0.6) is 5.75 Å². The van der Waals surface area contributed by atoms with Gasteiger partial charge in [0.2, 0.25) is 0 Å². The molecule has 0 radical (unpaired) electrons. The molecule has 0 saturated carbocycles. The van der Waals surface area contributed by atoms with Crippen LogP contribution >= 0.6 is 0 Å². The minimum absolute atomic E-state index is 0.275. The van der Waals surface area contributed by atoms with Gasteiger partial charge < -0.3 is 4.74 Å². The van der Waals surface area contributed by atoms with E-state index >= 15 is 0 Å². The van der Waals surface area contributed by atoms with Gasteiger partial charge in [0.1, 0.15) is 12.1 Å². The third-order valence-corrected chi connectivity index (χ3v) is 3.17. The second-order valence-corrected chi connectivity index (χ2v) is 4.90. The average Bonchev–Trinajstić information content (AvgIpc) is 2.96. The molecule has 0 atom stereocenters. The molecule has 7 heteroatoms. The Morgan fingerprint density at radius 1 is 0.957 bits per heavy atom. The lowest BCUT2D eigenvalue weighted by Gasteiger charge is -2.10. The van der Waals surface area contributed by atoms with Gasteiger partial charge >= 0.3 is 6.36 Å². The van der Waals surface area contributed by atoms with E-state index in [9.17, 15) is 13.2 Å². The molecule has 0 amide bonds. The van der Waals surface area contributed by atoms with Gasteiger partial charge in [-0.05, 0) is 43.3 Å². The first kappa shape index (κ1) is 15.1. The molecule has 0 bridgehead atoms. The Kier molecular flexibility index (Phi) is 3.77. The summed E-state index contributed by atoms with van der Waals surface area (Å²) in [5.74, 6) is 0.259. The zero-order chi connectivity index (χ0) is 16.4. The highest BCUT2D eigenvalue weighted by Crippen LogP contribution is 2.26. The van der Waals surface area contributed by atoms with Crippen molar-refractivity contribution in [2.24, 2.45) is 0 Å². The third-order valence-electron chi connectivity index (χ3n) is 3.17. The second-order valence-electron chi connectivity index (χ2n) is 4.90. The molecule has 0 N–H and O–H groups in total. The van der Waals surface area contributed by atoms with Gasteiger partial charge in [-0.2, -0.15) is 5.10 Å². The van der Waals surface area contributed by atoms with E-state index in [1.54, 1.807) is 4.68 Å². The van der Waals surface area contributed by atoms with Gasteiger partial charge in [0.15, 0.2) is 5.82 Å². The zero-order valence-corrected chi connectivity index (χ0v) is 12.1. The van der Waals surface area contributed by atoms with Crippen LogP contribution in [0, 0.1) is 6.92 Å². The molecule has 3 rings (SSSR count). The molecule has 23 heavy (non-hydrogen) atoms. The number of benzene rings is 2. The summed E-state index contributed by atoms with van der Waals surface area (Å²) >= 11 is 0. The molecule has 0 aliphatic carbocycles. The summed E-state index contributed by atoms with van der Waals surface area (Å²) in [5.41, 5.74) is 2.57. The monoisotopic (exact) mass is 319 g/mol. The Morgan fingerprint density at radius 3 is 2.22 bits per heavy atom. The van der Waals surface area contributed by atoms with Crippen molar-refractivity contribution >= 4 is 0 Å². The van der Waals surface area contributed by atoms with Crippen LogP contribution in [0.1, 0.15) is 5.56 Å². The molecule has 1 heterocycles. The van der Waals surface area contributed by atoms with Gasteiger partial charge in [-0.1, -0.05) is 17.7 Å². The Labute approximate surface area is 130 Å². The molecule has 0 spiro atoms. The normalized spacial score (nSPS) is 11.5. The highest BCUT2D eigenvalue weighted by Gasteiger charge is 2.31. The standard InChI is InChI=1S/C16H12F3N3O/c1-11-2-6-13(7-3-11)22-15(20-10-21-22)12-4-8-14(9-5-12)23-16(17,18)19/h2-10H,1H3. The molecule has 0 saturated heterocycles. The van der Waals surface area contributed by atoms with Crippen LogP contribution in [0.25, 0.3) is 17.1 Å². The molecule has 1 aromatic heterocycles. The Bertz CT molecular complexity index is 793. The largest absolute Gasteiger partial charge is 0.573 e. The fraction of sp³-hybridized carbons (Fsp3) is 0.125. The quantitative estimate of drug-likeness (QED) is 0.728. The first-order valence-corrected chi connectivity index (χ1v) is 6.76. The zero-order valence-electron chi connectivity index (χ0n) is 12.1. The lowest BCUT2D eigenvalue weighted by Crippen LogP contribution is -2.16. The van der Waals surface area contributed by atoms with E-state index in [4.69, 9.17) is 0 Å². The summed E-state index contributed by atoms with van der Waals surface area (Å²) in [6, 6.07) is 13.2. The van der Waals surface area contributed by atoms with Gasteiger partial charge in [-0.25, -0.2) is 9.67 Å². The van der Waals surface area contributed by atoms with Gasteiger partial charge in [-0.3, -0.25) is 0 Å². The Morgan fingerprint density at radius 2 is 1.61 bits per heavy atom. The second kappa shape index (κ2) is 5.75. The molecule has 4 nitrogen and oxygen atoms in total. The molecular weight excluding hydrogens is 307 g/mol. The maximum absolute atomic E-state index is 12.2. The fourth-order valence-corrected chi connectivity index (χ4v) is 2.12. The summed E-state index contributed by atoms with van der Waals surface area (Å²) in [7, 11) is 0. The summed E-state index contributed by atoms with van der Waals surface area (Å²) in [4.78, 5) is 4.18. The first-order chi connectivity index (χ1) is 10.9. The summed E-state index contributed by atoms with van der Waals surface area (Å²) in [6.45, 7) is 1.98. The van der Waals surface area contributed by atoms with E-state index in [-0.39, 0.29) is 5.75 Å². The van der Waals surface area contributed by atoms with Crippen molar-refractivity contribution in [1.82, 2.24) is 14.8 Å². The van der Waals surface area contributed by atoms with Crippen molar-refractivity contribution in [3.8, 4) is 22.8 Å². The van der Waals surface area contributed by atoms with E-state index in [2.05, 4.69) is 14.8 Å². The van der Waals surface area contributed by atoms with Crippen molar-refractivity contribution in [2.75, 3.05) is 0 Å². The molecule has 2 aromatic carbocycles. The topological polar surface area (TPSA) is 39.9 Å². The van der Waals surface area contributed by atoms with Crippen LogP contribution in [0.15, 0.2) is 54.9 Å². The molecule has 0 unspecified atom stereocenters. The van der Waals surface area contributed by atoms with Crippen molar-refractivity contribution < 1.29 is 17.9 Å². The Balaban J connectivity index is 1.91. The minimum atomic E-state index is -4.70. The molecule has 3 aromatic rings. The summed E-state index contributed by atoms with van der Waals surface area (Å²) in [5, 5.41) is 4.17. The maximum Gasteiger partial charge on any atom is 0.573 e. The molecule has 0 aliphatic rings. The molecule has 118 valence electrons. The fourth-order valence-electron chi connectivity index (χ4n) is 2.12. The molecule has 0 fully saturated rings. The first-order valence-electron chi connectivity index (χ1n) is 6.76. The number of aromatic nitrogens is 3. The van der Waals surface area contributed by atoms with Crippen molar-refractivity contribution in [3.05, 3.63) is 60.4 Å². The van der Waals surface area contributed by atoms with Crippen molar-refractivity contribution in [2.45, 2.75) is 13.3 Å². The van der Waals surface area contributed by atoms with Crippen LogP contribution in [-0.2, 0) is 0 Å². The summed E-state index contributed by atoms with van der Waals surface area (Å²) < 4.78 is 42.0. The van der Waals surface area contributed by atoms with Gasteiger partial charge in [0, 0.05) is 5.56 Å². The third kappa shape index (κ3) is 3.50. The SMILES string of the molecule is Cc1ccc(-n2ncnc2-c2ccc(OC(F)(F)F)cc2)cc1. The highest BCUT2D eigenvalue weighted by atomic mass is 19.4. The maximum atomic E-state index is 12.2. The van der Waals surface area contributed by atoms with E-state index in [1.165, 1.54) is 30.6 Å². The number of rotatable bonds is 3. The number of aryl methyl sites for hydroxylation is 1. The number of hydrogen-bond donors (Lipinski definition) is 0. The predicted molar refractivity (Wildman–Crippen MR) is 78.2 cm³/mol. The lowest BCUT2D eigenvalue weighted by molar-refractivity contribution is -0.274. The van der Waals surface area contributed by atoms with Crippen LogP contribution in [0.4, 0.5) is 13.2 Å². The predicted octanol–water partition coefficient (Wildman–Crippen LogP) is 4.14. The average molecular weight is 319 g/mol. The van der Waals surface area contributed by atoms with Gasteiger partial charge in [0.05, 0.1) is 5.69 Å². The van der Waals surface area contributed by atoms with Crippen LogP contribution < -0.4 is 4.74 Å². The van der Waals surface area contributed by atoms with Crippen LogP contribution in [0.2, 0.25) is 0 Å². The molecule has 0 aliphatic heterocycles.